The van der Waals surface area contributed by atoms with E-state index in [0.717, 1.165) is 0 Å². The molecule has 0 saturated carbocycles. The van der Waals surface area contributed by atoms with E-state index in [1.165, 1.54) is 92.2 Å². The van der Waals surface area contributed by atoms with Crippen molar-refractivity contribution in [2.45, 2.75) is 51.9 Å². The van der Waals surface area contributed by atoms with Gasteiger partial charge in [-0.1, -0.05) is 81.5 Å². The number of hydrogen-bond acceptors (Lipinski definition) is 1. The molecule has 4 aromatic carbocycles. The van der Waals surface area contributed by atoms with Crippen molar-refractivity contribution in [3.8, 4) is 0 Å². The molecule has 1 aromatic heterocycles. The summed E-state index contributed by atoms with van der Waals surface area (Å²) < 4.78 is 2.78. The van der Waals surface area contributed by atoms with Gasteiger partial charge in [0.05, 0.1) is 0 Å². The largest absolute Gasteiger partial charge is 0.135 e. The lowest BCUT2D eigenvalue weighted by Gasteiger charge is -2.05. The minimum absolute atomic E-state index is 1.20. The van der Waals surface area contributed by atoms with E-state index in [2.05, 4.69) is 73.7 Å². The van der Waals surface area contributed by atoms with E-state index in [9.17, 15) is 0 Å². The van der Waals surface area contributed by atoms with Crippen LogP contribution in [-0.4, -0.2) is 0 Å². The fraction of sp³-hybridized carbons (Fsp3) is 0.286. The highest BCUT2D eigenvalue weighted by Gasteiger charge is 2.08. The van der Waals surface area contributed by atoms with Crippen molar-refractivity contribution in [3.05, 3.63) is 72.3 Å². The highest BCUT2D eigenvalue weighted by atomic mass is 32.1. The van der Waals surface area contributed by atoms with Gasteiger partial charge in [0.25, 0.3) is 0 Å². The molecule has 0 aliphatic heterocycles. The van der Waals surface area contributed by atoms with Gasteiger partial charge in [-0.2, -0.15) is 0 Å². The van der Waals surface area contributed by atoms with E-state index in [-0.39, 0.29) is 0 Å². The zero-order valence-corrected chi connectivity index (χ0v) is 18.0. The highest BCUT2D eigenvalue weighted by molar-refractivity contribution is 7.26. The van der Waals surface area contributed by atoms with Crippen LogP contribution in [0.1, 0.15) is 51.0 Å². The number of thiophene rings is 1. The van der Waals surface area contributed by atoms with Gasteiger partial charge in [0, 0.05) is 20.2 Å². The molecule has 1 heteroatoms. The van der Waals surface area contributed by atoms with Gasteiger partial charge in [0.2, 0.25) is 0 Å². The normalized spacial score (nSPS) is 11.9. The first-order valence-corrected chi connectivity index (χ1v) is 11.9. The van der Waals surface area contributed by atoms with Crippen LogP contribution in [0, 0.1) is 0 Å². The molecule has 0 aliphatic rings. The second-order valence-electron chi connectivity index (χ2n) is 8.35. The van der Waals surface area contributed by atoms with E-state index in [0.29, 0.717) is 0 Å². The minimum Gasteiger partial charge on any atom is -0.135 e. The van der Waals surface area contributed by atoms with Crippen LogP contribution >= 0.6 is 11.3 Å². The van der Waals surface area contributed by atoms with Gasteiger partial charge in [-0.15, -0.1) is 11.3 Å². The number of rotatable bonds is 7. The maximum atomic E-state index is 2.42. The fourth-order valence-corrected chi connectivity index (χ4v) is 5.69. The molecule has 0 radical (unpaired) electrons. The van der Waals surface area contributed by atoms with Crippen LogP contribution in [-0.2, 0) is 6.42 Å². The first kappa shape index (κ1) is 18.6. The Balaban J connectivity index is 1.47. The summed E-state index contributed by atoms with van der Waals surface area (Å²) in [5, 5.41) is 8.20. The Kier molecular flexibility index (Phi) is 5.24. The van der Waals surface area contributed by atoms with Crippen molar-refractivity contribution >= 4 is 53.1 Å². The van der Waals surface area contributed by atoms with Crippen LogP contribution in [0.25, 0.3) is 41.7 Å². The maximum Gasteiger partial charge on any atom is 0.0361 e. The van der Waals surface area contributed by atoms with E-state index in [1.807, 2.05) is 11.3 Å². The zero-order chi connectivity index (χ0) is 19.6. The van der Waals surface area contributed by atoms with Crippen LogP contribution in [0.5, 0.6) is 0 Å². The molecule has 0 amide bonds. The summed E-state index contributed by atoms with van der Waals surface area (Å²) >= 11 is 1.92. The first-order chi connectivity index (χ1) is 14.3. The molecule has 0 atom stereocenters. The molecule has 5 aromatic rings. The van der Waals surface area contributed by atoms with E-state index in [4.69, 9.17) is 0 Å². The zero-order valence-electron chi connectivity index (χ0n) is 17.2. The minimum atomic E-state index is 1.20. The van der Waals surface area contributed by atoms with Gasteiger partial charge < -0.3 is 0 Å². The monoisotopic (exact) mass is 396 g/mol. The van der Waals surface area contributed by atoms with Crippen molar-refractivity contribution in [2.24, 2.45) is 0 Å². The number of hydrogen-bond donors (Lipinski definition) is 0. The molecule has 1 heterocycles. The topological polar surface area (TPSA) is 0 Å². The summed E-state index contributed by atoms with van der Waals surface area (Å²) in [4.78, 5) is 0. The molecule has 0 unspecified atom stereocenters. The van der Waals surface area contributed by atoms with E-state index < -0.39 is 0 Å². The Morgan fingerprint density at radius 3 is 1.97 bits per heavy atom. The van der Waals surface area contributed by atoms with Crippen LogP contribution in [0.15, 0.2) is 66.7 Å². The van der Waals surface area contributed by atoms with Crippen molar-refractivity contribution < 1.29 is 0 Å². The molecule has 5 rings (SSSR count). The molecule has 0 spiro atoms. The molecule has 0 nitrogen and oxygen atoms in total. The molecule has 0 fully saturated rings. The molecular formula is C28H28S. The van der Waals surface area contributed by atoms with Gasteiger partial charge in [-0.05, 0) is 64.2 Å². The Hall–Kier alpha value is -2.38. The summed E-state index contributed by atoms with van der Waals surface area (Å²) in [6.07, 6.45) is 9.37. The third kappa shape index (κ3) is 3.76. The molecule has 29 heavy (non-hydrogen) atoms. The number of unbranched alkanes of at least 4 members (excludes halogenated alkanes) is 5. The number of benzene rings is 4. The van der Waals surface area contributed by atoms with Gasteiger partial charge >= 0.3 is 0 Å². The molecule has 0 bridgehead atoms. The third-order valence-electron chi connectivity index (χ3n) is 6.18. The summed E-state index contributed by atoms with van der Waals surface area (Å²) in [5.74, 6) is 0. The number of fused-ring (bicyclic) bond motifs is 5. The second kappa shape index (κ2) is 8.16. The summed E-state index contributed by atoms with van der Waals surface area (Å²) in [7, 11) is 0. The van der Waals surface area contributed by atoms with Crippen molar-refractivity contribution in [3.63, 3.8) is 0 Å². The summed E-state index contributed by atoms with van der Waals surface area (Å²) in [6.45, 7) is 2.28. The summed E-state index contributed by atoms with van der Waals surface area (Å²) in [6, 6.07) is 25.3. The molecule has 0 saturated heterocycles. The Morgan fingerprint density at radius 1 is 0.586 bits per heavy atom. The molecule has 0 aliphatic carbocycles. The predicted octanol–water partition coefficient (Wildman–Crippen LogP) is 9.26. The Labute approximate surface area is 177 Å². The van der Waals surface area contributed by atoms with Crippen molar-refractivity contribution in [1.29, 1.82) is 0 Å². The lowest BCUT2D eigenvalue weighted by atomic mass is 9.99. The van der Waals surface area contributed by atoms with Crippen LogP contribution in [0.3, 0.4) is 0 Å². The van der Waals surface area contributed by atoms with Gasteiger partial charge in [-0.25, -0.2) is 0 Å². The van der Waals surface area contributed by atoms with E-state index >= 15 is 0 Å². The van der Waals surface area contributed by atoms with Crippen molar-refractivity contribution in [2.75, 3.05) is 0 Å². The summed E-state index contributed by atoms with van der Waals surface area (Å²) in [5.41, 5.74) is 1.48. The molecular weight excluding hydrogens is 368 g/mol. The first-order valence-electron chi connectivity index (χ1n) is 11.1. The van der Waals surface area contributed by atoms with Gasteiger partial charge in [0.1, 0.15) is 0 Å². The van der Waals surface area contributed by atoms with Crippen LogP contribution in [0.2, 0.25) is 0 Å². The van der Waals surface area contributed by atoms with Crippen LogP contribution in [0.4, 0.5) is 0 Å². The average Bonchev–Trinajstić information content (AvgIpc) is 3.09. The SMILES string of the molecule is CCCCCCCCc1ccc2cc3sc4cc5ccccc5cc4c3cc2c1. The Bertz CT molecular complexity index is 1290. The van der Waals surface area contributed by atoms with Gasteiger partial charge in [0.15, 0.2) is 0 Å². The van der Waals surface area contributed by atoms with Gasteiger partial charge in [-0.3, -0.25) is 0 Å². The predicted molar refractivity (Wildman–Crippen MR) is 131 cm³/mol. The highest BCUT2D eigenvalue weighted by Crippen LogP contribution is 2.38. The lowest BCUT2D eigenvalue weighted by Crippen LogP contribution is -1.87. The smallest absolute Gasteiger partial charge is 0.0361 e. The molecule has 146 valence electrons. The third-order valence-corrected chi connectivity index (χ3v) is 7.30. The standard InChI is InChI=1S/C28H28S/c1-2-3-4-5-6-7-10-20-13-14-23-19-28-26(17-24(23)15-20)25-16-21-11-8-9-12-22(21)18-27(25)29-28/h8-9,11-19H,2-7,10H2,1H3. The Morgan fingerprint density at radius 2 is 1.21 bits per heavy atom. The molecule has 0 N–H and O–H groups in total. The van der Waals surface area contributed by atoms with Crippen molar-refractivity contribution in [1.82, 2.24) is 0 Å². The quantitative estimate of drug-likeness (QED) is 0.240. The lowest BCUT2D eigenvalue weighted by molar-refractivity contribution is 0.607. The fourth-order valence-electron chi connectivity index (χ4n) is 4.52. The second-order valence-corrected chi connectivity index (χ2v) is 9.43. The van der Waals surface area contributed by atoms with Crippen LogP contribution < -0.4 is 0 Å². The maximum absolute atomic E-state index is 2.42. The van der Waals surface area contributed by atoms with E-state index in [1.54, 1.807) is 0 Å². The average molecular weight is 397 g/mol. The number of aryl methyl sites for hydroxylation is 1.